The highest BCUT2D eigenvalue weighted by molar-refractivity contribution is 5.77. The molecule has 0 aliphatic carbocycles. The third-order valence-electron chi connectivity index (χ3n) is 4.10. The maximum Gasteiger partial charge on any atom is 0.314 e. The number of esters is 1. The van der Waals surface area contributed by atoms with Crippen LogP contribution < -0.4 is 0 Å². The number of aliphatic hydroxyl groups is 1. The fourth-order valence-corrected chi connectivity index (χ4v) is 2.61. The number of nitrogens with zero attached hydrogens (tertiary/aromatic N) is 1. The fraction of sp³-hybridized carbons (Fsp3) is 0.562. The number of hydrogen-bond donors (Lipinski definition) is 1. The maximum atomic E-state index is 12.0. The Morgan fingerprint density at radius 1 is 1.45 bits per heavy atom. The van der Waals surface area contributed by atoms with E-state index in [2.05, 4.69) is 17.0 Å². The Bertz CT molecular complexity index is 448. The summed E-state index contributed by atoms with van der Waals surface area (Å²) in [5.41, 5.74) is 0.447. The first-order chi connectivity index (χ1) is 9.56. The molecule has 0 saturated carbocycles. The highest BCUT2D eigenvalue weighted by Crippen LogP contribution is 2.33. The lowest BCUT2D eigenvalue weighted by Crippen LogP contribution is -2.53. The first kappa shape index (κ1) is 15.0. The fourth-order valence-electron chi connectivity index (χ4n) is 2.61. The van der Waals surface area contributed by atoms with E-state index in [1.165, 1.54) is 5.56 Å². The number of likely N-dealkylation sites (tertiary alicyclic amines) is 1. The molecule has 20 heavy (non-hydrogen) atoms. The molecule has 0 spiro atoms. The second kappa shape index (κ2) is 6.37. The molecule has 1 heterocycles. The molecule has 1 saturated heterocycles. The maximum absolute atomic E-state index is 12.0. The summed E-state index contributed by atoms with van der Waals surface area (Å²) in [6, 6.07) is 10.2. The summed E-state index contributed by atoms with van der Waals surface area (Å²) in [5, 5.41) is 10.3. The number of hydrogen-bond acceptors (Lipinski definition) is 4. The van der Waals surface area contributed by atoms with Gasteiger partial charge in [-0.2, -0.15) is 0 Å². The number of piperidine rings is 1. The summed E-state index contributed by atoms with van der Waals surface area (Å²) in [5.74, 6) is -0.285. The van der Waals surface area contributed by atoms with Gasteiger partial charge in [-0.15, -0.1) is 0 Å². The summed E-state index contributed by atoms with van der Waals surface area (Å²) in [6.07, 6.45) is -0.0566. The number of ether oxygens (including phenoxy) is 1. The van der Waals surface area contributed by atoms with Crippen LogP contribution in [0.15, 0.2) is 30.3 Å². The van der Waals surface area contributed by atoms with Gasteiger partial charge in [-0.05, 0) is 32.4 Å². The lowest BCUT2D eigenvalue weighted by atomic mass is 9.78. The monoisotopic (exact) mass is 277 g/mol. The SMILES string of the molecule is CCOC(=O)[C@]1(C)CCN(Cc2ccccc2)C[C@H]1O. The minimum atomic E-state index is -0.775. The van der Waals surface area contributed by atoms with Crippen molar-refractivity contribution in [3.05, 3.63) is 35.9 Å². The molecule has 1 aromatic rings. The molecule has 0 amide bonds. The third kappa shape index (κ3) is 3.19. The van der Waals surface area contributed by atoms with Gasteiger partial charge in [-0.25, -0.2) is 0 Å². The van der Waals surface area contributed by atoms with E-state index in [4.69, 9.17) is 4.74 Å². The van der Waals surface area contributed by atoms with E-state index in [-0.39, 0.29) is 5.97 Å². The summed E-state index contributed by atoms with van der Waals surface area (Å²) in [7, 11) is 0. The van der Waals surface area contributed by atoms with Crippen molar-refractivity contribution in [2.45, 2.75) is 32.9 Å². The number of benzene rings is 1. The average molecular weight is 277 g/mol. The summed E-state index contributed by atoms with van der Waals surface area (Å²) < 4.78 is 5.09. The van der Waals surface area contributed by atoms with E-state index in [0.717, 1.165) is 13.1 Å². The lowest BCUT2D eigenvalue weighted by Gasteiger charge is -2.41. The molecule has 0 unspecified atom stereocenters. The average Bonchev–Trinajstić information content (AvgIpc) is 2.44. The second-order valence-electron chi connectivity index (χ2n) is 5.62. The van der Waals surface area contributed by atoms with E-state index < -0.39 is 11.5 Å². The van der Waals surface area contributed by atoms with Crippen LogP contribution in [0.2, 0.25) is 0 Å². The summed E-state index contributed by atoms with van der Waals surface area (Å²) in [4.78, 5) is 14.2. The van der Waals surface area contributed by atoms with Crippen molar-refractivity contribution >= 4 is 5.97 Å². The number of carbonyl (C=O) groups is 1. The largest absolute Gasteiger partial charge is 0.465 e. The van der Waals surface area contributed by atoms with Gasteiger partial charge in [0, 0.05) is 13.1 Å². The Kier molecular flexibility index (Phi) is 4.78. The Balaban J connectivity index is 1.97. The van der Waals surface area contributed by atoms with Crippen molar-refractivity contribution < 1.29 is 14.6 Å². The van der Waals surface area contributed by atoms with Gasteiger partial charge in [0.05, 0.1) is 18.1 Å². The van der Waals surface area contributed by atoms with Gasteiger partial charge >= 0.3 is 5.97 Å². The van der Waals surface area contributed by atoms with Crippen LogP contribution in [-0.4, -0.2) is 41.8 Å². The molecule has 1 fully saturated rings. The van der Waals surface area contributed by atoms with Crippen LogP contribution in [0.1, 0.15) is 25.8 Å². The van der Waals surface area contributed by atoms with E-state index in [1.807, 2.05) is 18.2 Å². The van der Waals surface area contributed by atoms with Crippen molar-refractivity contribution in [1.29, 1.82) is 0 Å². The molecule has 4 heteroatoms. The van der Waals surface area contributed by atoms with Gasteiger partial charge in [-0.3, -0.25) is 9.69 Å². The predicted octanol–water partition coefficient (Wildman–Crippen LogP) is 1.82. The molecule has 1 aromatic carbocycles. The molecule has 110 valence electrons. The van der Waals surface area contributed by atoms with Crippen LogP contribution in [0, 0.1) is 5.41 Å². The highest BCUT2D eigenvalue weighted by Gasteiger charge is 2.45. The van der Waals surface area contributed by atoms with Crippen LogP contribution in [0.3, 0.4) is 0 Å². The van der Waals surface area contributed by atoms with Gasteiger partial charge in [0.1, 0.15) is 0 Å². The van der Waals surface area contributed by atoms with E-state index in [0.29, 0.717) is 19.6 Å². The molecule has 1 aliphatic heterocycles. The van der Waals surface area contributed by atoms with Crippen molar-refractivity contribution in [1.82, 2.24) is 4.90 Å². The highest BCUT2D eigenvalue weighted by atomic mass is 16.5. The quantitative estimate of drug-likeness (QED) is 0.853. The molecule has 0 radical (unpaired) electrons. The first-order valence-electron chi connectivity index (χ1n) is 7.18. The van der Waals surface area contributed by atoms with Crippen molar-refractivity contribution in [2.75, 3.05) is 19.7 Å². The molecular formula is C16H23NO3. The molecular weight excluding hydrogens is 254 g/mol. The van der Waals surface area contributed by atoms with Gasteiger partial charge in [0.2, 0.25) is 0 Å². The molecule has 0 aromatic heterocycles. The zero-order valence-electron chi connectivity index (χ0n) is 12.2. The van der Waals surface area contributed by atoms with E-state index >= 15 is 0 Å². The lowest BCUT2D eigenvalue weighted by molar-refractivity contribution is -0.167. The van der Waals surface area contributed by atoms with E-state index in [1.54, 1.807) is 13.8 Å². The molecule has 0 bridgehead atoms. The zero-order chi connectivity index (χ0) is 14.6. The number of carbonyl (C=O) groups excluding carboxylic acids is 1. The smallest absolute Gasteiger partial charge is 0.314 e. The van der Waals surface area contributed by atoms with Crippen molar-refractivity contribution in [3.8, 4) is 0 Å². The second-order valence-corrected chi connectivity index (χ2v) is 5.62. The molecule has 1 aliphatic rings. The summed E-state index contributed by atoms with van der Waals surface area (Å²) >= 11 is 0. The Labute approximate surface area is 120 Å². The predicted molar refractivity (Wildman–Crippen MR) is 77.1 cm³/mol. The van der Waals surface area contributed by atoms with Crippen LogP contribution in [-0.2, 0) is 16.1 Å². The normalized spacial score (nSPS) is 27.2. The van der Waals surface area contributed by atoms with Crippen molar-refractivity contribution in [2.24, 2.45) is 5.41 Å². The molecule has 4 nitrogen and oxygen atoms in total. The third-order valence-corrected chi connectivity index (χ3v) is 4.10. The standard InChI is InChI=1S/C16H23NO3/c1-3-20-15(19)16(2)9-10-17(12-14(16)18)11-13-7-5-4-6-8-13/h4-8,14,18H,3,9-12H2,1-2H3/t14-,16-/m1/s1. The minimum Gasteiger partial charge on any atom is -0.465 e. The Morgan fingerprint density at radius 3 is 2.75 bits per heavy atom. The topological polar surface area (TPSA) is 49.8 Å². The molecule has 2 rings (SSSR count). The van der Waals surface area contributed by atoms with Crippen molar-refractivity contribution in [3.63, 3.8) is 0 Å². The number of β-amino-alcohol motifs (C(OH)–C–C–N with tert-alkyl or cyclic N) is 1. The van der Waals surface area contributed by atoms with Gasteiger partial charge in [0.25, 0.3) is 0 Å². The van der Waals surface area contributed by atoms with Gasteiger partial charge in [0.15, 0.2) is 0 Å². The minimum absolute atomic E-state index is 0.285. The van der Waals surface area contributed by atoms with Crippen LogP contribution in [0.4, 0.5) is 0 Å². The Hall–Kier alpha value is -1.39. The van der Waals surface area contributed by atoms with Gasteiger partial charge < -0.3 is 9.84 Å². The Morgan fingerprint density at radius 2 is 2.15 bits per heavy atom. The number of rotatable bonds is 4. The molecule has 2 atom stereocenters. The van der Waals surface area contributed by atoms with Crippen LogP contribution in [0.25, 0.3) is 0 Å². The summed E-state index contributed by atoms with van der Waals surface area (Å²) in [6.45, 7) is 6.05. The zero-order valence-corrected chi connectivity index (χ0v) is 12.2. The molecule has 1 N–H and O–H groups in total. The number of aliphatic hydroxyl groups excluding tert-OH is 1. The first-order valence-corrected chi connectivity index (χ1v) is 7.18. The van der Waals surface area contributed by atoms with Crippen LogP contribution >= 0.6 is 0 Å². The van der Waals surface area contributed by atoms with Gasteiger partial charge in [-0.1, -0.05) is 30.3 Å². The van der Waals surface area contributed by atoms with Crippen LogP contribution in [0.5, 0.6) is 0 Å². The van der Waals surface area contributed by atoms with E-state index in [9.17, 15) is 9.90 Å².